The summed E-state index contributed by atoms with van der Waals surface area (Å²) in [5.41, 5.74) is 0.0911. The number of hydrogen-bond acceptors (Lipinski definition) is 4. The fourth-order valence-corrected chi connectivity index (χ4v) is 2.81. The third-order valence-electron chi connectivity index (χ3n) is 3.66. The van der Waals surface area contributed by atoms with E-state index < -0.39 is 0 Å². The van der Waals surface area contributed by atoms with Gasteiger partial charge in [-0.25, -0.2) is 4.98 Å². The van der Waals surface area contributed by atoms with Crippen molar-refractivity contribution >= 4 is 0 Å². The molecule has 0 N–H and O–H groups in total. The lowest BCUT2D eigenvalue weighted by Gasteiger charge is -2.43. The summed E-state index contributed by atoms with van der Waals surface area (Å²) in [6.07, 6.45) is 4.48. The standard InChI is InChI=1S/C13H22N2O2/c1-4-16-10-13(2)9-15(3)7-5-11(13)12-14-6-8-17-12/h6,8,11H,4-5,7,9-10H2,1-3H3/t11-,13+/m1/s1. The third-order valence-corrected chi connectivity index (χ3v) is 3.66. The largest absolute Gasteiger partial charge is 0.449 e. The number of nitrogens with zero attached hydrogens (tertiary/aromatic N) is 2. The molecule has 4 heteroatoms. The van der Waals surface area contributed by atoms with Crippen molar-refractivity contribution in [3.8, 4) is 0 Å². The Hall–Kier alpha value is -0.870. The van der Waals surface area contributed by atoms with Crippen LogP contribution < -0.4 is 0 Å². The van der Waals surface area contributed by atoms with Crippen LogP contribution in [0.3, 0.4) is 0 Å². The van der Waals surface area contributed by atoms with Gasteiger partial charge in [0.05, 0.1) is 12.8 Å². The van der Waals surface area contributed by atoms with E-state index in [4.69, 9.17) is 9.15 Å². The molecule has 4 nitrogen and oxygen atoms in total. The molecule has 1 fully saturated rings. The smallest absolute Gasteiger partial charge is 0.197 e. The van der Waals surface area contributed by atoms with Crippen LogP contribution in [-0.2, 0) is 4.74 Å². The van der Waals surface area contributed by atoms with Gasteiger partial charge in [0.25, 0.3) is 0 Å². The van der Waals surface area contributed by atoms with Crippen molar-refractivity contribution in [3.05, 3.63) is 18.4 Å². The second kappa shape index (κ2) is 5.19. The van der Waals surface area contributed by atoms with Crippen molar-refractivity contribution in [2.75, 3.05) is 33.4 Å². The van der Waals surface area contributed by atoms with Gasteiger partial charge in [-0.3, -0.25) is 0 Å². The van der Waals surface area contributed by atoms with Gasteiger partial charge in [0.2, 0.25) is 0 Å². The lowest BCUT2D eigenvalue weighted by Crippen LogP contribution is -2.47. The summed E-state index contributed by atoms with van der Waals surface area (Å²) in [6, 6.07) is 0. The van der Waals surface area contributed by atoms with Gasteiger partial charge in [-0.1, -0.05) is 6.92 Å². The first-order valence-corrected chi connectivity index (χ1v) is 6.31. The summed E-state index contributed by atoms with van der Waals surface area (Å²) < 4.78 is 11.2. The lowest BCUT2D eigenvalue weighted by atomic mass is 9.73. The molecule has 17 heavy (non-hydrogen) atoms. The maximum Gasteiger partial charge on any atom is 0.197 e. The average molecular weight is 238 g/mol. The maximum absolute atomic E-state index is 5.66. The zero-order valence-corrected chi connectivity index (χ0v) is 11.0. The number of likely N-dealkylation sites (tertiary alicyclic amines) is 1. The Morgan fingerprint density at radius 3 is 3.12 bits per heavy atom. The minimum atomic E-state index is 0.0911. The molecule has 0 bridgehead atoms. The highest BCUT2D eigenvalue weighted by Crippen LogP contribution is 2.41. The van der Waals surface area contributed by atoms with Crippen molar-refractivity contribution in [2.45, 2.75) is 26.2 Å². The Bertz CT molecular complexity index is 339. The first-order valence-electron chi connectivity index (χ1n) is 6.31. The fourth-order valence-electron chi connectivity index (χ4n) is 2.81. The van der Waals surface area contributed by atoms with Crippen molar-refractivity contribution in [1.82, 2.24) is 9.88 Å². The van der Waals surface area contributed by atoms with Crippen LogP contribution in [-0.4, -0.2) is 43.2 Å². The summed E-state index contributed by atoms with van der Waals surface area (Å²) in [4.78, 5) is 6.69. The van der Waals surface area contributed by atoms with Crippen LogP contribution >= 0.6 is 0 Å². The molecule has 1 aliphatic rings. The Morgan fingerprint density at radius 2 is 2.47 bits per heavy atom. The van der Waals surface area contributed by atoms with Crippen LogP contribution in [0.15, 0.2) is 16.9 Å². The van der Waals surface area contributed by atoms with Crippen molar-refractivity contribution in [3.63, 3.8) is 0 Å². The second-order valence-corrected chi connectivity index (χ2v) is 5.24. The second-order valence-electron chi connectivity index (χ2n) is 5.24. The monoisotopic (exact) mass is 238 g/mol. The van der Waals surface area contributed by atoms with Gasteiger partial charge in [-0.05, 0) is 26.9 Å². The Morgan fingerprint density at radius 1 is 1.65 bits per heavy atom. The van der Waals surface area contributed by atoms with E-state index in [2.05, 4.69) is 23.9 Å². The molecule has 0 radical (unpaired) electrons. The van der Waals surface area contributed by atoms with Gasteiger partial charge in [0.1, 0.15) is 6.26 Å². The van der Waals surface area contributed by atoms with Crippen LogP contribution in [0.1, 0.15) is 32.1 Å². The van der Waals surface area contributed by atoms with Gasteiger partial charge >= 0.3 is 0 Å². The van der Waals surface area contributed by atoms with Gasteiger partial charge < -0.3 is 14.1 Å². The SMILES string of the molecule is CCOC[C@]1(C)CN(C)CC[C@@H]1c1ncco1. The maximum atomic E-state index is 5.66. The summed E-state index contributed by atoms with van der Waals surface area (Å²) in [7, 11) is 2.16. The molecule has 2 atom stereocenters. The Kier molecular flexibility index (Phi) is 3.84. The predicted octanol–water partition coefficient (Wildman–Crippen LogP) is 2.14. The highest BCUT2D eigenvalue weighted by molar-refractivity contribution is 5.04. The van der Waals surface area contributed by atoms with E-state index in [1.165, 1.54) is 0 Å². The van der Waals surface area contributed by atoms with Crippen LogP contribution in [0.25, 0.3) is 0 Å². The van der Waals surface area contributed by atoms with Crippen molar-refractivity contribution in [1.29, 1.82) is 0 Å². The molecule has 2 heterocycles. The van der Waals surface area contributed by atoms with Crippen LogP contribution in [0, 0.1) is 5.41 Å². The molecule has 1 aromatic rings. The average Bonchev–Trinajstić information content (AvgIpc) is 2.80. The minimum absolute atomic E-state index is 0.0911. The predicted molar refractivity (Wildman–Crippen MR) is 66.0 cm³/mol. The van der Waals surface area contributed by atoms with E-state index in [1.807, 2.05) is 6.92 Å². The van der Waals surface area contributed by atoms with Gasteiger partial charge in [-0.15, -0.1) is 0 Å². The number of rotatable bonds is 4. The normalized spacial score (nSPS) is 30.6. The van der Waals surface area contributed by atoms with Crippen molar-refractivity contribution in [2.24, 2.45) is 5.41 Å². The molecule has 0 saturated carbocycles. The number of hydrogen-bond donors (Lipinski definition) is 0. The van der Waals surface area contributed by atoms with E-state index in [-0.39, 0.29) is 5.41 Å². The Balaban J connectivity index is 2.16. The van der Waals surface area contributed by atoms with Crippen molar-refractivity contribution < 1.29 is 9.15 Å². The number of ether oxygens (including phenoxy) is 1. The molecule has 0 amide bonds. The molecule has 0 spiro atoms. The zero-order valence-electron chi connectivity index (χ0n) is 11.0. The quantitative estimate of drug-likeness (QED) is 0.805. The highest BCUT2D eigenvalue weighted by atomic mass is 16.5. The zero-order chi connectivity index (χ0) is 12.3. The molecule has 2 rings (SSSR count). The topological polar surface area (TPSA) is 38.5 Å². The summed E-state index contributed by atoms with van der Waals surface area (Å²) in [5, 5.41) is 0. The number of aromatic nitrogens is 1. The molecule has 0 aromatic carbocycles. The fraction of sp³-hybridized carbons (Fsp3) is 0.769. The van der Waals surface area contributed by atoms with Crippen LogP contribution in [0.4, 0.5) is 0 Å². The minimum Gasteiger partial charge on any atom is -0.449 e. The molecule has 0 aliphatic carbocycles. The molecular formula is C13H22N2O2. The molecule has 1 aliphatic heterocycles. The Labute approximate surface area is 103 Å². The summed E-state index contributed by atoms with van der Waals surface area (Å²) in [5.74, 6) is 1.22. The number of piperidine rings is 1. The van der Waals surface area contributed by atoms with Crippen LogP contribution in [0.5, 0.6) is 0 Å². The lowest BCUT2D eigenvalue weighted by molar-refractivity contribution is -0.00692. The van der Waals surface area contributed by atoms with E-state index in [0.29, 0.717) is 5.92 Å². The molecule has 96 valence electrons. The molecule has 0 unspecified atom stereocenters. The molecular weight excluding hydrogens is 216 g/mol. The number of oxazole rings is 1. The van der Waals surface area contributed by atoms with E-state index in [0.717, 1.165) is 38.6 Å². The molecule has 1 saturated heterocycles. The third kappa shape index (κ3) is 2.69. The highest BCUT2D eigenvalue weighted by Gasteiger charge is 2.42. The summed E-state index contributed by atoms with van der Waals surface area (Å²) in [6.45, 7) is 7.95. The van der Waals surface area contributed by atoms with E-state index in [1.54, 1.807) is 12.5 Å². The first-order chi connectivity index (χ1) is 8.15. The first kappa shape index (κ1) is 12.6. The van der Waals surface area contributed by atoms with Gasteiger partial charge in [0.15, 0.2) is 5.89 Å². The van der Waals surface area contributed by atoms with Gasteiger partial charge in [-0.2, -0.15) is 0 Å². The van der Waals surface area contributed by atoms with Gasteiger partial charge in [0, 0.05) is 24.5 Å². The van der Waals surface area contributed by atoms with E-state index in [9.17, 15) is 0 Å². The molecule has 1 aromatic heterocycles. The summed E-state index contributed by atoms with van der Waals surface area (Å²) >= 11 is 0. The van der Waals surface area contributed by atoms with Crippen LogP contribution in [0.2, 0.25) is 0 Å². The van der Waals surface area contributed by atoms with E-state index >= 15 is 0 Å².